The van der Waals surface area contributed by atoms with Gasteiger partial charge in [-0.2, -0.15) is 0 Å². The van der Waals surface area contributed by atoms with Gasteiger partial charge in [-0.1, -0.05) is 17.7 Å². The third kappa shape index (κ3) is 3.86. The molecule has 25 heavy (non-hydrogen) atoms. The Morgan fingerprint density at radius 1 is 1.32 bits per heavy atom. The van der Waals surface area contributed by atoms with E-state index >= 15 is 0 Å². The van der Waals surface area contributed by atoms with Gasteiger partial charge in [0.15, 0.2) is 0 Å². The van der Waals surface area contributed by atoms with Crippen molar-refractivity contribution in [1.29, 1.82) is 0 Å². The molecule has 1 aromatic heterocycles. The van der Waals surface area contributed by atoms with Crippen LogP contribution in [0, 0.1) is 0 Å². The minimum Gasteiger partial charge on any atom is -0.352 e. The van der Waals surface area contributed by atoms with Crippen molar-refractivity contribution in [1.82, 2.24) is 5.32 Å². The number of carbonyl (C=O) groups is 2. The molecule has 1 fully saturated rings. The molecule has 1 aliphatic heterocycles. The number of carbonyl (C=O) groups excluding carboxylic acids is 2. The van der Waals surface area contributed by atoms with E-state index < -0.39 is 15.9 Å². The van der Waals surface area contributed by atoms with Gasteiger partial charge in [0.2, 0.25) is 15.9 Å². The average molecular weight is 399 g/mol. The highest BCUT2D eigenvalue weighted by Crippen LogP contribution is 2.32. The van der Waals surface area contributed by atoms with Crippen LogP contribution in [0.5, 0.6) is 0 Å². The van der Waals surface area contributed by atoms with Crippen LogP contribution in [0.15, 0.2) is 35.7 Å². The number of nitrogens with one attached hydrogen (secondary N) is 1. The summed E-state index contributed by atoms with van der Waals surface area (Å²) in [7, 11) is -3.73. The third-order valence-electron chi connectivity index (χ3n) is 3.74. The Kier molecular flexibility index (Phi) is 5.12. The van der Waals surface area contributed by atoms with Crippen LogP contribution < -0.4 is 9.62 Å². The van der Waals surface area contributed by atoms with Crippen LogP contribution >= 0.6 is 22.9 Å². The summed E-state index contributed by atoms with van der Waals surface area (Å²) in [6.07, 6.45) is 0.624. The SMILES string of the molecule is O=C(NCCc1cccs1)c1ccc(Cl)c(N2C(=O)CCS2(=O)=O)c1. The van der Waals surface area contributed by atoms with Gasteiger partial charge in [-0.05, 0) is 36.1 Å². The van der Waals surface area contributed by atoms with Crippen molar-refractivity contribution in [2.75, 3.05) is 16.6 Å². The summed E-state index contributed by atoms with van der Waals surface area (Å²) < 4.78 is 24.8. The van der Waals surface area contributed by atoms with E-state index in [0.717, 1.165) is 4.88 Å². The van der Waals surface area contributed by atoms with Crippen LogP contribution in [0.4, 0.5) is 5.69 Å². The van der Waals surface area contributed by atoms with Crippen molar-refractivity contribution in [2.45, 2.75) is 12.8 Å². The van der Waals surface area contributed by atoms with Crippen LogP contribution in [0.25, 0.3) is 0 Å². The molecule has 1 aromatic carbocycles. The number of hydrogen-bond acceptors (Lipinski definition) is 5. The van der Waals surface area contributed by atoms with Gasteiger partial charge in [0.1, 0.15) is 0 Å². The quantitative estimate of drug-likeness (QED) is 0.838. The van der Waals surface area contributed by atoms with Crippen LogP contribution in [-0.2, 0) is 21.2 Å². The molecule has 0 unspecified atom stereocenters. The average Bonchev–Trinajstić information content (AvgIpc) is 3.16. The summed E-state index contributed by atoms with van der Waals surface area (Å²) in [6.45, 7) is 0.457. The van der Waals surface area contributed by atoms with E-state index in [-0.39, 0.29) is 34.4 Å². The minimum absolute atomic E-state index is 0.0232. The number of halogens is 1. The predicted octanol–water partition coefficient (Wildman–Crippen LogP) is 2.44. The normalized spacial score (nSPS) is 16.2. The second-order valence-electron chi connectivity index (χ2n) is 5.48. The van der Waals surface area contributed by atoms with E-state index in [0.29, 0.717) is 17.3 Å². The second kappa shape index (κ2) is 7.15. The molecule has 1 N–H and O–H groups in total. The molecule has 9 heteroatoms. The van der Waals surface area contributed by atoms with Crippen LogP contribution in [0.1, 0.15) is 21.7 Å². The maximum atomic E-state index is 12.3. The monoisotopic (exact) mass is 398 g/mol. The first-order valence-corrected chi connectivity index (χ1v) is 10.4. The fourth-order valence-corrected chi connectivity index (χ4v) is 4.94. The zero-order valence-electron chi connectivity index (χ0n) is 13.1. The van der Waals surface area contributed by atoms with E-state index in [4.69, 9.17) is 11.6 Å². The number of hydrogen-bond donors (Lipinski definition) is 1. The lowest BCUT2D eigenvalue weighted by atomic mass is 10.1. The summed E-state index contributed by atoms with van der Waals surface area (Å²) in [6, 6.07) is 8.19. The lowest BCUT2D eigenvalue weighted by molar-refractivity contribution is -0.116. The lowest BCUT2D eigenvalue weighted by Crippen LogP contribution is -2.30. The first-order valence-electron chi connectivity index (χ1n) is 7.54. The summed E-state index contributed by atoms with van der Waals surface area (Å²) in [5, 5.41) is 4.85. The molecule has 2 aromatic rings. The van der Waals surface area contributed by atoms with Crippen LogP contribution in [0.3, 0.4) is 0 Å². The third-order valence-corrected chi connectivity index (χ3v) is 6.68. The Bertz CT molecular complexity index is 910. The molecule has 6 nitrogen and oxygen atoms in total. The molecule has 0 aliphatic carbocycles. The van der Waals surface area contributed by atoms with E-state index in [1.165, 1.54) is 18.2 Å². The van der Waals surface area contributed by atoms with Gasteiger partial charge in [-0.3, -0.25) is 9.59 Å². The van der Waals surface area contributed by atoms with Crippen molar-refractivity contribution in [3.8, 4) is 0 Å². The molecular formula is C16H15ClN2O4S2. The van der Waals surface area contributed by atoms with Gasteiger partial charge < -0.3 is 5.32 Å². The van der Waals surface area contributed by atoms with Gasteiger partial charge in [-0.25, -0.2) is 12.7 Å². The Morgan fingerprint density at radius 3 is 2.76 bits per heavy atom. The number of thiophene rings is 1. The molecule has 132 valence electrons. The summed E-state index contributed by atoms with van der Waals surface area (Å²) in [4.78, 5) is 25.4. The highest BCUT2D eigenvalue weighted by atomic mass is 35.5. The molecule has 0 radical (unpaired) electrons. The van der Waals surface area contributed by atoms with Gasteiger partial charge >= 0.3 is 0 Å². The summed E-state index contributed by atoms with van der Waals surface area (Å²) in [5.74, 6) is -1.14. The lowest BCUT2D eigenvalue weighted by Gasteiger charge is -2.17. The first kappa shape index (κ1) is 17.9. The topological polar surface area (TPSA) is 83.6 Å². The molecule has 2 amide bonds. The van der Waals surface area contributed by atoms with Gasteiger partial charge in [-0.15, -0.1) is 11.3 Å². The maximum absolute atomic E-state index is 12.3. The Hall–Kier alpha value is -1.90. The minimum atomic E-state index is -3.73. The molecule has 1 saturated heterocycles. The maximum Gasteiger partial charge on any atom is 0.251 e. The number of anilines is 1. The first-order chi connectivity index (χ1) is 11.9. The van der Waals surface area contributed by atoms with E-state index in [1.54, 1.807) is 11.3 Å². The van der Waals surface area contributed by atoms with Crippen LogP contribution in [0.2, 0.25) is 5.02 Å². The zero-order valence-corrected chi connectivity index (χ0v) is 15.5. The van der Waals surface area contributed by atoms with Crippen molar-refractivity contribution in [3.63, 3.8) is 0 Å². The van der Waals surface area contributed by atoms with Crippen molar-refractivity contribution >= 4 is 50.5 Å². The molecule has 2 heterocycles. The summed E-state index contributed by atoms with van der Waals surface area (Å²) >= 11 is 7.67. The van der Waals surface area contributed by atoms with Crippen molar-refractivity contribution < 1.29 is 18.0 Å². The molecule has 0 bridgehead atoms. The predicted molar refractivity (Wildman–Crippen MR) is 97.7 cm³/mol. The van der Waals surface area contributed by atoms with Crippen molar-refractivity contribution in [2.24, 2.45) is 0 Å². The zero-order chi connectivity index (χ0) is 18.0. The van der Waals surface area contributed by atoms with E-state index in [9.17, 15) is 18.0 Å². The molecule has 3 rings (SSSR count). The van der Waals surface area contributed by atoms with Gasteiger partial charge in [0.05, 0.1) is 16.5 Å². The van der Waals surface area contributed by atoms with Crippen LogP contribution in [-0.4, -0.2) is 32.5 Å². The molecule has 0 atom stereocenters. The Labute approximate surface area is 154 Å². The Morgan fingerprint density at radius 2 is 2.12 bits per heavy atom. The molecule has 0 saturated carbocycles. The van der Waals surface area contributed by atoms with Crippen molar-refractivity contribution in [3.05, 3.63) is 51.2 Å². The number of nitrogens with zero attached hydrogens (tertiary/aromatic N) is 1. The number of amides is 2. The number of rotatable bonds is 5. The highest BCUT2D eigenvalue weighted by Gasteiger charge is 2.37. The number of benzene rings is 1. The molecular weight excluding hydrogens is 384 g/mol. The highest BCUT2D eigenvalue weighted by molar-refractivity contribution is 7.94. The molecule has 0 spiro atoms. The fourth-order valence-electron chi connectivity index (χ4n) is 2.51. The van der Waals surface area contributed by atoms with Gasteiger partial charge in [0.25, 0.3) is 5.91 Å². The van der Waals surface area contributed by atoms with Gasteiger partial charge in [0, 0.05) is 23.4 Å². The standard InChI is InChI=1S/C16H15ClN2O4S2/c17-13-4-3-11(16(21)18-7-5-12-2-1-8-24-12)10-14(13)19-15(20)6-9-25(19,22)23/h1-4,8,10H,5-7,9H2,(H,18,21). The number of sulfonamides is 1. The van der Waals surface area contributed by atoms with E-state index in [1.807, 2.05) is 17.5 Å². The largest absolute Gasteiger partial charge is 0.352 e. The smallest absolute Gasteiger partial charge is 0.251 e. The Balaban J connectivity index is 1.77. The fraction of sp³-hybridized carbons (Fsp3) is 0.250. The second-order valence-corrected chi connectivity index (χ2v) is 8.85. The molecule has 1 aliphatic rings. The van der Waals surface area contributed by atoms with E-state index in [2.05, 4.69) is 5.32 Å². The summed E-state index contributed by atoms with van der Waals surface area (Å²) in [5.41, 5.74) is 0.274.